The first-order valence-electron chi connectivity index (χ1n) is 9.76. The van der Waals surface area contributed by atoms with Gasteiger partial charge in [-0.1, -0.05) is 36.0 Å². The van der Waals surface area contributed by atoms with E-state index < -0.39 is 5.25 Å². The van der Waals surface area contributed by atoms with E-state index in [0.717, 1.165) is 18.5 Å². The second-order valence-corrected chi connectivity index (χ2v) is 8.51. The Labute approximate surface area is 173 Å². The van der Waals surface area contributed by atoms with Gasteiger partial charge in [0.1, 0.15) is 0 Å². The molecule has 0 spiro atoms. The van der Waals surface area contributed by atoms with E-state index in [4.69, 9.17) is 0 Å². The van der Waals surface area contributed by atoms with Crippen molar-refractivity contribution in [2.45, 2.75) is 43.1 Å². The van der Waals surface area contributed by atoms with Crippen LogP contribution in [0.1, 0.15) is 24.5 Å². The second-order valence-electron chi connectivity index (χ2n) is 7.20. The summed E-state index contributed by atoms with van der Waals surface area (Å²) in [6.07, 6.45) is 5.02. The van der Waals surface area contributed by atoms with Crippen molar-refractivity contribution in [1.29, 1.82) is 0 Å². The molecule has 2 aromatic carbocycles. The summed E-state index contributed by atoms with van der Waals surface area (Å²) in [6.45, 7) is 5.91. The van der Waals surface area contributed by atoms with Crippen LogP contribution in [0, 0.1) is 0 Å². The third-order valence-corrected chi connectivity index (χ3v) is 6.25. The fourth-order valence-electron chi connectivity index (χ4n) is 3.63. The van der Waals surface area contributed by atoms with E-state index in [0.29, 0.717) is 22.6 Å². The molecule has 0 saturated carbocycles. The highest BCUT2D eigenvalue weighted by Gasteiger charge is 2.20. The van der Waals surface area contributed by atoms with Gasteiger partial charge in [-0.3, -0.25) is 14.2 Å². The Morgan fingerprint density at radius 3 is 2.90 bits per heavy atom. The molecule has 4 rings (SSSR count). The van der Waals surface area contributed by atoms with Gasteiger partial charge in [0.05, 0.1) is 16.2 Å². The molecular formula is C23H23N3O2S. The Morgan fingerprint density at radius 2 is 2.07 bits per heavy atom. The van der Waals surface area contributed by atoms with E-state index in [1.807, 2.05) is 31.2 Å². The molecule has 0 saturated heterocycles. The molecule has 5 nitrogen and oxygen atoms in total. The lowest BCUT2D eigenvalue weighted by Crippen LogP contribution is -2.26. The van der Waals surface area contributed by atoms with Crippen LogP contribution >= 0.6 is 11.8 Å². The topological polar surface area (TPSA) is 64.0 Å². The summed E-state index contributed by atoms with van der Waals surface area (Å²) in [7, 11) is 0. The number of thioether (sulfide) groups is 1. The molecule has 1 aliphatic rings. The number of carbonyl (C=O) groups excluding carboxylic acids is 1. The van der Waals surface area contributed by atoms with E-state index in [9.17, 15) is 9.59 Å². The fourth-order valence-corrected chi connectivity index (χ4v) is 4.55. The van der Waals surface area contributed by atoms with Gasteiger partial charge < -0.3 is 5.32 Å². The van der Waals surface area contributed by atoms with Gasteiger partial charge in [-0.05, 0) is 61.6 Å². The molecule has 1 amide bonds. The predicted octanol–water partition coefficient (Wildman–Crippen LogP) is 4.19. The number of amides is 1. The highest BCUT2D eigenvalue weighted by atomic mass is 32.2. The average Bonchev–Trinajstić information content (AvgIpc) is 3.18. The van der Waals surface area contributed by atoms with Crippen LogP contribution in [0.5, 0.6) is 0 Å². The summed E-state index contributed by atoms with van der Waals surface area (Å²) in [5, 5.41) is 3.67. The fraction of sp³-hybridized carbons (Fsp3) is 0.261. The quantitative estimate of drug-likeness (QED) is 0.379. The van der Waals surface area contributed by atoms with Crippen molar-refractivity contribution >= 4 is 34.3 Å². The van der Waals surface area contributed by atoms with Gasteiger partial charge >= 0.3 is 0 Å². The molecule has 0 radical (unpaired) electrons. The van der Waals surface area contributed by atoms with Crippen LogP contribution in [0.15, 0.2) is 65.1 Å². The van der Waals surface area contributed by atoms with Crippen LogP contribution in [0.2, 0.25) is 0 Å². The van der Waals surface area contributed by atoms with Crippen molar-refractivity contribution in [3.63, 3.8) is 0 Å². The Bertz CT molecular complexity index is 1150. The van der Waals surface area contributed by atoms with Crippen LogP contribution in [0.4, 0.5) is 5.69 Å². The van der Waals surface area contributed by atoms with Crippen molar-refractivity contribution in [1.82, 2.24) is 9.55 Å². The SMILES string of the molecule is C=CCn1c(S[C@@H](C)C(=O)Nc2ccc3c(c2)CCC3)nc2ccccc2c1=O. The Balaban J connectivity index is 1.57. The highest BCUT2D eigenvalue weighted by molar-refractivity contribution is 8.00. The third kappa shape index (κ3) is 3.98. The van der Waals surface area contributed by atoms with Crippen molar-refractivity contribution in [3.05, 3.63) is 76.6 Å². The number of allylic oxidation sites excluding steroid dienone is 1. The van der Waals surface area contributed by atoms with Gasteiger partial charge in [0.15, 0.2) is 5.16 Å². The van der Waals surface area contributed by atoms with Crippen molar-refractivity contribution in [2.75, 3.05) is 5.32 Å². The summed E-state index contributed by atoms with van der Waals surface area (Å²) < 4.78 is 1.57. The Kier molecular flexibility index (Phi) is 5.53. The van der Waals surface area contributed by atoms with Crippen LogP contribution in [-0.4, -0.2) is 20.7 Å². The number of hydrogen-bond acceptors (Lipinski definition) is 4. The standard InChI is InChI=1S/C23H23N3O2S/c1-3-13-26-22(28)19-9-4-5-10-20(19)25-23(26)29-15(2)21(27)24-18-12-11-16-7-6-8-17(16)14-18/h3-5,9-12,14-15H,1,6-8,13H2,2H3,(H,24,27)/t15-/m0/s1. The summed E-state index contributed by atoms with van der Waals surface area (Å²) in [4.78, 5) is 30.2. The number of fused-ring (bicyclic) bond motifs is 2. The monoisotopic (exact) mass is 405 g/mol. The molecule has 3 aromatic rings. The molecule has 0 unspecified atom stereocenters. The maximum Gasteiger partial charge on any atom is 0.262 e. The first kappa shape index (κ1) is 19.5. The summed E-state index contributed by atoms with van der Waals surface area (Å²) >= 11 is 1.28. The molecule has 0 fully saturated rings. The maximum absolute atomic E-state index is 12.9. The molecule has 1 atom stereocenters. The number of carbonyl (C=O) groups is 1. The lowest BCUT2D eigenvalue weighted by molar-refractivity contribution is -0.115. The molecule has 0 aliphatic heterocycles. The molecule has 148 valence electrons. The number of nitrogens with one attached hydrogen (secondary N) is 1. The minimum atomic E-state index is -0.410. The van der Waals surface area contributed by atoms with Gasteiger partial charge in [-0.2, -0.15) is 0 Å². The number of nitrogens with zero attached hydrogens (tertiary/aromatic N) is 2. The molecule has 29 heavy (non-hydrogen) atoms. The van der Waals surface area contributed by atoms with Crippen LogP contribution in [0.3, 0.4) is 0 Å². The molecular weight excluding hydrogens is 382 g/mol. The Hall–Kier alpha value is -2.86. The van der Waals surface area contributed by atoms with Gasteiger partial charge in [-0.25, -0.2) is 4.98 Å². The van der Waals surface area contributed by atoms with Crippen molar-refractivity contribution in [2.24, 2.45) is 0 Å². The van der Waals surface area contributed by atoms with Crippen molar-refractivity contribution < 1.29 is 4.79 Å². The maximum atomic E-state index is 12.9. The zero-order valence-electron chi connectivity index (χ0n) is 16.4. The zero-order valence-corrected chi connectivity index (χ0v) is 17.2. The molecule has 1 heterocycles. The molecule has 6 heteroatoms. The number of aromatic nitrogens is 2. The average molecular weight is 406 g/mol. The minimum Gasteiger partial charge on any atom is -0.325 e. The summed E-state index contributed by atoms with van der Waals surface area (Å²) in [6, 6.07) is 13.4. The van der Waals surface area contributed by atoms with Crippen LogP contribution in [0.25, 0.3) is 10.9 Å². The smallest absolute Gasteiger partial charge is 0.262 e. The molecule has 0 bridgehead atoms. The molecule has 1 N–H and O–H groups in total. The van der Waals surface area contributed by atoms with E-state index in [2.05, 4.69) is 29.0 Å². The van der Waals surface area contributed by atoms with Crippen LogP contribution in [-0.2, 0) is 24.2 Å². The van der Waals surface area contributed by atoms with Gasteiger partial charge in [0, 0.05) is 12.2 Å². The lowest BCUT2D eigenvalue weighted by atomic mass is 10.1. The zero-order chi connectivity index (χ0) is 20.4. The second kappa shape index (κ2) is 8.25. The first-order chi connectivity index (χ1) is 14.1. The summed E-state index contributed by atoms with van der Waals surface area (Å²) in [5.74, 6) is -0.111. The summed E-state index contributed by atoms with van der Waals surface area (Å²) in [5.41, 5.74) is 4.02. The van der Waals surface area contributed by atoms with E-state index in [1.165, 1.54) is 29.3 Å². The first-order valence-corrected chi connectivity index (χ1v) is 10.6. The number of rotatable bonds is 6. The minimum absolute atomic E-state index is 0.111. The van der Waals surface area contributed by atoms with E-state index in [1.54, 1.807) is 16.7 Å². The largest absolute Gasteiger partial charge is 0.325 e. The lowest BCUT2D eigenvalue weighted by Gasteiger charge is -2.16. The number of anilines is 1. The molecule has 1 aliphatic carbocycles. The highest BCUT2D eigenvalue weighted by Crippen LogP contribution is 2.27. The van der Waals surface area contributed by atoms with Gasteiger partial charge in [0.2, 0.25) is 5.91 Å². The number of para-hydroxylation sites is 1. The van der Waals surface area contributed by atoms with Crippen molar-refractivity contribution in [3.8, 4) is 0 Å². The van der Waals surface area contributed by atoms with E-state index in [-0.39, 0.29) is 11.5 Å². The van der Waals surface area contributed by atoms with Crippen LogP contribution < -0.4 is 10.9 Å². The molecule has 1 aromatic heterocycles. The van der Waals surface area contributed by atoms with E-state index >= 15 is 0 Å². The Morgan fingerprint density at radius 1 is 1.28 bits per heavy atom. The normalized spacial score (nSPS) is 13.8. The third-order valence-electron chi connectivity index (χ3n) is 5.16. The van der Waals surface area contributed by atoms with Gasteiger partial charge in [0.25, 0.3) is 5.56 Å². The predicted molar refractivity (Wildman–Crippen MR) is 119 cm³/mol. The number of hydrogen-bond donors (Lipinski definition) is 1. The number of aryl methyl sites for hydroxylation is 2. The number of benzene rings is 2. The van der Waals surface area contributed by atoms with Gasteiger partial charge in [-0.15, -0.1) is 6.58 Å².